The first-order valence-corrected chi connectivity index (χ1v) is 9.06. The van der Waals surface area contributed by atoms with E-state index in [-0.39, 0.29) is 11.7 Å². The molecule has 28 heavy (non-hydrogen) atoms. The molecule has 0 bridgehead atoms. The zero-order valence-electron chi connectivity index (χ0n) is 15.9. The van der Waals surface area contributed by atoms with E-state index in [9.17, 15) is 19.1 Å². The number of carbonyl (C=O) groups excluding carboxylic acids is 2. The Hall–Kier alpha value is -3.09. The maximum atomic E-state index is 13.0. The number of carboxylic acids is 1. The maximum Gasteiger partial charge on any atom is 0.253 e. The van der Waals surface area contributed by atoms with Gasteiger partial charge in [0, 0.05) is 43.5 Å². The van der Waals surface area contributed by atoms with Crippen LogP contribution in [-0.2, 0) is 4.79 Å². The average molecular weight is 385 g/mol. The highest BCUT2D eigenvalue weighted by Crippen LogP contribution is 2.25. The van der Waals surface area contributed by atoms with Gasteiger partial charge in [-0.05, 0) is 50.2 Å². The van der Waals surface area contributed by atoms with Gasteiger partial charge in [-0.3, -0.25) is 4.79 Å². The summed E-state index contributed by atoms with van der Waals surface area (Å²) < 4.78 is 18.6. The Bertz CT molecular complexity index is 859. The lowest BCUT2D eigenvalue weighted by molar-refractivity contribution is -0.320. The fourth-order valence-corrected chi connectivity index (χ4v) is 3.02. The third-order valence-electron chi connectivity index (χ3n) is 4.71. The van der Waals surface area contributed by atoms with Crippen molar-refractivity contribution in [3.05, 3.63) is 59.9 Å². The zero-order valence-corrected chi connectivity index (χ0v) is 15.9. The van der Waals surface area contributed by atoms with E-state index in [0.717, 1.165) is 5.69 Å². The first-order valence-electron chi connectivity index (χ1n) is 9.06. The van der Waals surface area contributed by atoms with Crippen molar-refractivity contribution in [1.82, 2.24) is 4.90 Å². The molecule has 1 aliphatic heterocycles. The van der Waals surface area contributed by atoms with Gasteiger partial charge in [-0.2, -0.15) is 0 Å². The number of hydrogen-bond acceptors (Lipinski definition) is 5. The van der Waals surface area contributed by atoms with Crippen LogP contribution in [0.2, 0.25) is 0 Å². The Balaban J connectivity index is 1.63. The first kappa shape index (κ1) is 19.7. The molecule has 3 rings (SSSR count). The lowest BCUT2D eigenvalue weighted by Crippen LogP contribution is -2.49. The maximum absolute atomic E-state index is 13.0. The van der Waals surface area contributed by atoms with Gasteiger partial charge in [0.2, 0.25) is 0 Å². The SMILES string of the molecule is CC(C)(Oc1cccc(N2CCN(C(=O)c3ccc(F)cc3)CC2)c1)C(=O)[O-]. The molecule has 0 saturated carbocycles. The average Bonchev–Trinajstić information content (AvgIpc) is 2.68. The smallest absolute Gasteiger partial charge is 0.253 e. The fraction of sp³-hybridized carbons (Fsp3) is 0.333. The molecule has 1 aliphatic rings. The summed E-state index contributed by atoms with van der Waals surface area (Å²) >= 11 is 0. The van der Waals surface area contributed by atoms with Crippen molar-refractivity contribution < 1.29 is 23.8 Å². The summed E-state index contributed by atoms with van der Waals surface area (Å²) in [6.45, 7) is 5.20. The van der Waals surface area contributed by atoms with Gasteiger partial charge in [0.05, 0.1) is 5.97 Å². The molecule has 1 fully saturated rings. The molecule has 0 aliphatic carbocycles. The van der Waals surface area contributed by atoms with E-state index in [2.05, 4.69) is 4.90 Å². The summed E-state index contributed by atoms with van der Waals surface area (Å²) in [7, 11) is 0. The number of anilines is 1. The standard InChI is InChI=1S/C21H23FN2O4/c1-21(2,20(26)27)28-18-5-3-4-17(14-18)23-10-12-24(13-11-23)19(25)15-6-8-16(22)9-7-15/h3-9,14H,10-13H2,1-2H3,(H,26,27)/p-1. The summed E-state index contributed by atoms with van der Waals surface area (Å²) in [4.78, 5) is 27.5. The Labute approximate surface area is 163 Å². The summed E-state index contributed by atoms with van der Waals surface area (Å²) in [6, 6.07) is 12.7. The quantitative estimate of drug-likeness (QED) is 0.783. The lowest BCUT2D eigenvalue weighted by Gasteiger charge is -2.36. The molecule has 1 amide bonds. The van der Waals surface area contributed by atoms with Crippen LogP contribution >= 0.6 is 0 Å². The van der Waals surface area contributed by atoms with E-state index in [1.807, 2.05) is 6.07 Å². The molecule has 6 nitrogen and oxygen atoms in total. The fourth-order valence-electron chi connectivity index (χ4n) is 3.02. The van der Waals surface area contributed by atoms with Crippen LogP contribution in [0.15, 0.2) is 48.5 Å². The minimum absolute atomic E-state index is 0.118. The number of amides is 1. The molecule has 1 heterocycles. The molecule has 148 valence electrons. The molecule has 2 aromatic carbocycles. The Morgan fingerprint density at radius 1 is 1.04 bits per heavy atom. The van der Waals surface area contributed by atoms with Crippen molar-refractivity contribution in [2.24, 2.45) is 0 Å². The highest BCUT2D eigenvalue weighted by Gasteiger charge is 2.24. The van der Waals surface area contributed by atoms with Crippen LogP contribution in [0.3, 0.4) is 0 Å². The molecule has 7 heteroatoms. The van der Waals surface area contributed by atoms with Crippen LogP contribution in [0.1, 0.15) is 24.2 Å². The van der Waals surface area contributed by atoms with Gasteiger partial charge >= 0.3 is 0 Å². The van der Waals surface area contributed by atoms with E-state index in [0.29, 0.717) is 37.5 Å². The van der Waals surface area contributed by atoms with Crippen LogP contribution in [0.5, 0.6) is 5.75 Å². The minimum atomic E-state index is -1.43. The van der Waals surface area contributed by atoms with Crippen molar-refractivity contribution in [1.29, 1.82) is 0 Å². The van der Waals surface area contributed by atoms with E-state index >= 15 is 0 Å². The second-order valence-electron chi connectivity index (χ2n) is 7.18. The number of ether oxygens (including phenoxy) is 1. The first-order chi connectivity index (χ1) is 13.3. The Kier molecular flexibility index (Phi) is 5.53. The molecule has 2 aromatic rings. The number of carboxylic acid groups (broad SMARTS) is 1. The van der Waals surface area contributed by atoms with E-state index in [1.165, 1.54) is 38.1 Å². The van der Waals surface area contributed by atoms with E-state index in [1.54, 1.807) is 23.1 Å². The number of aliphatic carboxylic acids is 1. The van der Waals surface area contributed by atoms with E-state index in [4.69, 9.17) is 4.74 Å². The predicted octanol–water partition coefficient (Wildman–Crippen LogP) is 1.70. The van der Waals surface area contributed by atoms with Gasteiger partial charge in [-0.25, -0.2) is 4.39 Å². The van der Waals surface area contributed by atoms with Gasteiger partial charge in [0.25, 0.3) is 5.91 Å². The Morgan fingerprint density at radius 2 is 1.68 bits per heavy atom. The Morgan fingerprint density at radius 3 is 2.29 bits per heavy atom. The number of nitrogens with zero attached hydrogens (tertiary/aromatic N) is 2. The third kappa shape index (κ3) is 4.42. The zero-order chi connectivity index (χ0) is 20.3. The summed E-state index contributed by atoms with van der Waals surface area (Å²) in [5.74, 6) is -1.33. The topological polar surface area (TPSA) is 72.9 Å². The van der Waals surface area contributed by atoms with Crippen LogP contribution in [0.4, 0.5) is 10.1 Å². The molecule has 0 spiro atoms. The molecular formula is C21H22FN2O4-. The van der Waals surface area contributed by atoms with Crippen molar-refractivity contribution >= 4 is 17.6 Å². The number of carbonyl (C=O) groups is 2. The van der Waals surface area contributed by atoms with Crippen molar-refractivity contribution in [2.75, 3.05) is 31.1 Å². The second-order valence-corrected chi connectivity index (χ2v) is 7.18. The third-order valence-corrected chi connectivity index (χ3v) is 4.71. The summed E-state index contributed by atoms with van der Waals surface area (Å²) in [5, 5.41) is 11.1. The molecule has 0 unspecified atom stereocenters. The van der Waals surface area contributed by atoms with E-state index < -0.39 is 11.6 Å². The lowest BCUT2D eigenvalue weighted by atomic mass is 10.1. The largest absolute Gasteiger partial charge is 0.546 e. The molecule has 0 radical (unpaired) electrons. The molecule has 0 aromatic heterocycles. The van der Waals surface area contributed by atoms with Gasteiger partial charge in [0.1, 0.15) is 17.2 Å². The summed E-state index contributed by atoms with van der Waals surface area (Å²) in [6.07, 6.45) is 0. The molecule has 0 atom stereocenters. The number of piperazine rings is 1. The second kappa shape index (κ2) is 7.88. The molecular weight excluding hydrogens is 363 g/mol. The van der Waals surface area contributed by atoms with Gasteiger partial charge < -0.3 is 24.4 Å². The number of benzene rings is 2. The molecule has 1 saturated heterocycles. The van der Waals surface area contributed by atoms with Gasteiger partial charge in [-0.15, -0.1) is 0 Å². The number of halogens is 1. The van der Waals surface area contributed by atoms with Gasteiger partial charge in [0.15, 0.2) is 0 Å². The van der Waals surface area contributed by atoms with Crippen LogP contribution < -0.4 is 14.7 Å². The highest BCUT2D eigenvalue weighted by molar-refractivity contribution is 5.94. The van der Waals surface area contributed by atoms with Crippen LogP contribution in [0, 0.1) is 5.82 Å². The van der Waals surface area contributed by atoms with Crippen LogP contribution in [-0.4, -0.2) is 48.6 Å². The van der Waals surface area contributed by atoms with Gasteiger partial charge in [-0.1, -0.05) is 6.07 Å². The number of hydrogen-bond donors (Lipinski definition) is 0. The molecule has 0 N–H and O–H groups in total. The normalized spacial score (nSPS) is 14.7. The number of rotatable bonds is 5. The monoisotopic (exact) mass is 385 g/mol. The summed E-state index contributed by atoms with van der Waals surface area (Å²) in [5.41, 5.74) is -0.0749. The highest BCUT2D eigenvalue weighted by atomic mass is 19.1. The predicted molar refractivity (Wildman–Crippen MR) is 101 cm³/mol. The minimum Gasteiger partial charge on any atom is -0.546 e. The van der Waals surface area contributed by atoms with Crippen LogP contribution in [0.25, 0.3) is 0 Å². The van der Waals surface area contributed by atoms with Crippen molar-refractivity contribution in [2.45, 2.75) is 19.4 Å². The van der Waals surface area contributed by atoms with Crippen molar-refractivity contribution in [3.63, 3.8) is 0 Å². The van der Waals surface area contributed by atoms with Crippen molar-refractivity contribution in [3.8, 4) is 5.75 Å².